The third-order valence-electron chi connectivity index (χ3n) is 3.75. The number of hydrogen-bond acceptors (Lipinski definition) is 5. The highest BCUT2D eigenvalue weighted by molar-refractivity contribution is 5.99. The maximum atomic E-state index is 12.8. The van der Waals surface area contributed by atoms with Crippen molar-refractivity contribution in [3.63, 3.8) is 0 Å². The molecule has 0 aliphatic heterocycles. The molecule has 1 aromatic carbocycles. The quantitative estimate of drug-likeness (QED) is 0.669. The van der Waals surface area contributed by atoms with Crippen molar-refractivity contribution in [3.05, 3.63) is 23.8 Å². The van der Waals surface area contributed by atoms with Gasteiger partial charge in [0.1, 0.15) is 16.9 Å². The predicted octanol–water partition coefficient (Wildman–Crippen LogP) is 4.04. The fraction of sp³-hybridized carbons (Fsp3) is 0.600. The van der Waals surface area contributed by atoms with Gasteiger partial charge in [0.25, 0.3) is 5.91 Å². The van der Waals surface area contributed by atoms with Crippen LogP contribution in [0.25, 0.3) is 0 Å². The first-order valence-corrected chi connectivity index (χ1v) is 8.97. The molecule has 0 aromatic heterocycles. The minimum atomic E-state index is -0.943. The minimum Gasteiger partial charge on any atom is -0.490 e. The summed E-state index contributed by atoms with van der Waals surface area (Å²) in [5.41, 5.74) is -0.191. The number of esters is 1. The number of anilines is 1. The lowest BCUT2D eigenvalue weighted by atomic mass is 9.93. The number of benzene rings is 1. The second kappa shape index (κ2) is 9.57. The van der Waals surface area contributed by atoms with Crippen LogP contribution in [0.2, 0.25) is 0 Å². The maximum absolute atomic E-state index is 12.8. The first kappa shape index (κ1) is 22.0. The summed E-state index contributed by atoms with van der Waals surface area (Å²) in [6.45, 7) is 11.9. The lowest BCUT2D eigenvalue weighted by Gasteiger charge is -2.30. The van der Waals surface area contributed by atoms with Crippen LogP contribution >= 0.6 is 0 Å². The summed E-state index contributed by atoms with van der Waals surface area (Å²) in [5, 5.41) is 2.85. The summed E-state index contributed by atoms with van der Waals surface area (Å²) >= 11 is 0. The Bertz CT molecular complexity index is 627. The summed E-state index contributed by atoms with van der Waals surface area (Å²) in [7, 11) is 1.31. The molecule has 1 N–H and O–H groups in total. The van der Waals surface area contributed by atoms with E-state index in [2.05, 4.69) is 5.32 Å². The molecule has 6 heteroatoms. The van der Waals surface area contributed by atoms with Gasteiger partial charge >= 0.3 is 5.97 Å². The molecular weight excluding hydrogens is 334 g/mol. The Morgan fingerprint density at radius 3 is 2.35 bits per heavy atom. The highest BCUT2D eigenvalue weighted by Gasteiger charge is 2.35. The standard InChI is InChI=1S/C20H31NO5/c1-8-25-20(6,12-13(2)3)19(23)21-15-9-10-17(26-14(4)5)16(11-15)18(22)24-7/h9-11,13-14H,8,12H2,1-7H3,(H,21,23)/t20-/m1/s1. The van der Waals surface area contributed by atoms with Gasteiger partial charge in [-0.1, -0.05) is 13.8 Å². The van der Waals surface area contributed by atoms with E-state index in [0.29, 0.717) is 30.4 Å². The molecule has 0 spiro atoms. The zero-order valence-electron chi connectivity index (χ0n) is 16.8. The van der Waals surface area contributed by atoms with E-state index in [1.54, 1.807) is 25.1 Å². The summed E-state index contributed by atoms with van der Waals surface area (Å²) in [4.78, 5) is 24.8. The number of nitrogens with one attached hydrogen (secondary N) is 1. The first-order valence-electron chi connectivity index (χ1n) is 8.97. The number of carbonyl (C=O) groups is 2. The molecule has 0 radical (unpaired) electrons. The third kappa shape index (κ3) is 6.02. The predicted molar refractivity (Wildman–Crippen MR) is 102 cm³/mol. The highest BCUT2D eigenvalue weighted by Crippen LogP contribution is 2.27. The van der Waals surface area contributed by atoms with Crippen LogP contribution in [-0.2, 0) is 14.3 Å². The number of hydrogen-bond donors (Lipinski definition) is 1. The highest BCUT2D eigenvalue weighted by atomic mass is 16.5. The molecule has 1 aromatic rings. The topological polar surface area (TPSA) is 73.9 Å². The van der Waals surface area contributed by atoms with E-state index in [4.69, 9.17) is 14.2 Å². The normalized spacial score (nSPS) is 13.4. The zero-order chi connectivity index (χ0) is 19.9. The van der Waals surface area contributed by atoms with E-state index in [-0.39, 0.29) is 17.6 Å². The molecule has 146 valence electrons. The summed E-state index contributed by atoms with van der Waals surface area (Å²) < 4.78 is 16.2. The molecule has 1 rings (SSSR count). The van der Waals surface area contributed by atoms with Crippen molar-refractivity contribution in [1.82, 2.24) is 0 Å². The molecule has 0 bridgehead atoms. The largest absolute Gasteiger partial charge is 0.490 e. The van der Waals surface area contributed by atoms with E-state index in [9.17, 15) is 9.59 Å². The van der Waals surface area contributed by atoms with Gasteiger partial charge in [0.15, 0.2) is 0 Å². The molecule has 0 aliphatic carbocycles. The SMILES string of the molecule is CCO[C@](C)(CC(C)C)C(=O)Nc1ccc(OC(C)C)c(C(=O)OC)c1. The van der Waals surface area contributed by atoms with Crippen molar-refractivity contribution in [2.75, 3.05) is 19.0 Å². The van der Waals surface area contributed by atoms with Crippen molar-refractivity contribution >= 4 is 17.6 Å². The molecule has 26 heavy (non-hydrogen) atoms. The summed E-state index contributed by atoms with van der Waals surface area (Å²) in [6.07, 6.45) is 0.497. The average Bonchev–Trinajstić information content (AvgIpc) is 2.54. The van der Waals surface area contributed by atoms with Crippen LogP contribution in [0.3, 0.4) is 0 Å². The molecule has 6 nitrogen and oxygen atoms in total. The summed E-state index contributed by atoms with van der Waals surface area (Å²) in [5.74, 6) is -0.0581. The maximum Gasteiger partial charge on any atom is 0.341 e. The Hall–Kier alpha value is -2.08. The van der Waals surface area contributed by atoms with Gasteiger partial charge in [0.05, 0.1) is 13.2 Å². The zero-order valence-corrected chi connectivity index (χ0v) is 16.8. The smallest absolute Gasteiger partial charge is 0.341 e. The second-order valence-corrected chi connectivity index (χ2v) is 7.09. The van der Waals surface area contributed by atoms with E-state index < -0.39 is 11.6 Å². The van der Waals surface area contributed by atoms with Crippen molar-refractivity contribution in [2.24, 2.45) is 5.92 Å². The Balaban J connectivity index is 3.11. The van der Waals surface area contributed by atoms with Crippen LogP contribution in [0, 0.1) is 5.92 Å². The molecular formula is C20H31NO5. The number of methoxy groups -OCH3 is 1. The molecule has 0 unspecified atom stereocenters. The minimum absolute atomic E-state index is 0.0915. The fourth-order valence-electron chi connectivity index (χ4n) is 2.81. The van der Waals surface area contributed by atoms with E-state index in [0.717, 1.165) is 0 Å². The number of ether oxygens (including phenoxy) is 3. The Kier molecular flexibility index (Phi) is 8.08. The number of carbonyl (C=O) groups excluding carboxylic acids is 2. The second-order valence-electron chi connectivity index (χ2n) is 7.09. The Labute approximate surface area is 156 Å². The molecule has 0 aliphatic rings. The van der Waals surface area contributed by atoms with Crippen molar-refractivity contribution in [1.29, 1.82) is 0 Å². The molecule has 0 heterocycles. The van der Waals surface area contributed by atoms with Gasteiger partial charge < -0.3 is 19.5 Å². The fourth-order valence-corrected chi connectivity index (χ4v) is 2.81. The van der Waals surface area contributed by atoms with Crippen LogP contribution in [0.5, 0.6) is 5.75 Å². The number of rotatable bonds is 9. The third-order valence-corrected chi connectivity index (χ3v) is 3.75. The van der Waals surface area contributed by atoms with Gasteiger partial charge in [-0.05, 0) is 58.2 Å². The van der Waals surface area contributed by atoms with E-state index in [1.807, 2.05) is 34.6 Å². The molecule has 0 fully saturated rings. The van der Waals surface area contributed by atoms with E-state index >= 15 is 0 Å². The summed E-state index contributed by atoms with van der Waals surface area (Å²) in [6, 6.07) is 4.91. The molecule has 1 atom stereocenters. The number of amides is 1. The van der Waals surface area contributed by atoms with Crippen molar-refractivity contribution < 1.29 is 23.8 Å². The Morgan fingerprint density at radius 1 is 1.19 bits per heavy atom. The van der Waals surface area contributed by atoms with Crippen LogP contribution < -0.4 is 10.1 Å². The Morgan fingerprint density at radius 2 is 1.85 bits per heavy atom. The van der Waals surface area contributed by atoms with Gasteiger partial charge in [-0.2, -0.15) is 0 Å². The van der Waals surface area contributed by atoms with Crippen LogP contribution in [0.15, 0.2) is 18.2 Å². The molecule has 0 saturated carbocycles. The average molecular weight is 365 g/mol. The van der Waals surface area contributed by atoms with Crippen molar-refractivity contribution in [3.8, 4) is 5.75 Å². The van der Waals surface area contributed by atoms with Crippen LogP contribution in [0.4, 0.5) is 5.69 Å². The monoisotopic (exact) mass is 365 g/mol. The van der Waals surface area contributed by atoms with Gasteiger partial charge in [0.2, 0.25) is 0 Å². The molecule has 1 amide bonds. The van der Waals surface area contributed by atoms with E-state index in [1.165, 1.54) is 7.11 Å². The van der Waals surface area contributed by atoms with Crippen LogP contribution in [-0.4, -0.2) is 37.3 Å². The van der Waals surface area contributed by atoms with Gasteiger partial charge in [0, 0.05) is 12.3 Å². The van der Waals surface area contributed by atoms with Gasteiger partial charge in [-0.15, -0.1) is 0 Å². The lowest BCUT2D eigenvalue weighted by Crippen LogP contribution is -2.44. The van der Waals surface area contributed by atoms with Crippen LogP contribution in [0.1, 0.15) is 58.3 Å². The first-order chi connectivity index (χ1) is 12.1. The van der Waals surface area contributed by atoms with Gasteiger partial charge in [-0.25, -0.2) is 4.79 Å². The molecule has 0 saturated heterocycles. The van der Waals surface area contributed by atoms with Gasteiger partial charge in [-0.3, -0.25) is 4.79 Å². The lowest BCUT2D eigenvalue weighted by molar-refractivity contribution is -0.140. The van der Waals surface area contributed by atoms with Crippen molar-refractivity contribution in [2.45, 2.75) is 59.7 Å².